The number of ether oxygens (including phenoxy) is 1. The molecule has 18 heavy (non-hydrogen) atoms. The van der Waals surface area contributed by atoms with Gasteiger partial charge in [-0.1, -0.05) is 0 Å². The normalized spacial score (nSPS) is 11.7. The van der Waals surface area contributed by atoms with Crippen LogP contribution in [-0.2, 0) is 4.79 Å². The van der Waals surface area contributed by atoms with Crippen LogP contribution in [0.1, 0.15) is 22.0 Å². The number of hydrogen-bond donors (Lipinski definition) is 2. The Hall–Kier alpha value is -2.48. The van der Waals surface area contributed by atoms with E-state index >= 15 is 0 Å². The zero-order valence-electron chi connectivity index (χ0n) is 9.19. The third-order valence-corrected chi connectivity index (χ3v) is 2.19. The van der Waals surface area contributed by atoms with Gasteiger partial charge in [0.05, 0.1) is 12.0 Å². The summed E-state index contributed by atoms with van der Waals surface area (Å²) < 4.78 is 4.73. The van der Waals surface area contributed by atoms with Crippen LogP contribution in [0.4, 0.5) is 5.69 Å². The molecule has 8 heteroatoms. The molecule has 1 rings (SSSR count). The maximum atomic E-state index is 10.8. The number of carboxylic acids is 1. The average molecular weight is 255 g/mol. The van der Waals surface area contributed by atoms with Crippen LogP contribution in [0.3, 0.4) is 0 Å². The van der Waals surface area contributed by atoms with Gasteiger partial charge in [-0.2, -0.15) is 0 Å². The first-order valence-electron chi connectivity index (χ1n) is 4.64. The van der Waals surface area contributed by atoms with Crippen molar-refractivity contribution in [3.05, 3.63) is 33.4 Å². The Labute approximate surface area is 101 Å². The molecule has 0 heterocycles. The molecular formula is C10H9NO7. The predicted molar refractivity (Wildman–Crippen MR) is 57.6 cm³/mol. The van der Waals surface area contributed by atoms with E-state index in [1.54, 1.807) is 0 Å². The molecule has 0 aliphatic rings. The maximum Gasteiger partial charge on any atom is 0.337 e. The van der Waals surface area contributed by atoms with Crippen LogP contribution in [0.5, 0.6) is 5.75 Å². The smallest absolute Gasteiger partial charge is 0.337 e. The van der Waals surface area contributed by atoms with Crippen LogP contribution in [-0.4, -0.2) is 34.5 Å². The molecule has 1 unspecified atom stereocenters. The number of carbonyl (C=O) groups excluding carboxylic acids is 1. The zero-order valence-corrected chi connectivity index (χ0v) is 9.19. The van der Waals surface area contributed by atoms with Crippen LogP contribution in [0.25, 0.3) is 0 Å². The van der Waals surface area contributed by atoms with Crippen LogP contribution < -0.4 is 4.74 Å². The lowest BCUT2D eigenvalue weighted by Crippen LogP contribution is -2.13. The summed E-state index contributed by atoms with van der Waals surface area (Å²) in [5, 5.41) is 28.9. The van der Waals surface area contributed by atoms with E-state index in [-0.39, 0.29) is 16.9 Å². The molecular weight excluding hydrogens is 246 g/mol. The molecule has 0 saturated carbocycles. The van der Waals surface area contributed by atoms with E-state index in [0.717, 1.165) is 19.2 Å². The van der Waals surface area contributed by atoms with Crippen molar-refractivity contribution in [2.75, 3.05) is 7.11 Å². The lowest BCUT2D eigenvalue weighted by atomic mass is 10.0. The first kappa shape index (κ1) is 13.6. The Kier molecular flexibility index (Phi) is 3.95. The lowest BCUT2D eigenvalue weighted by Gasteiger charge is -2.12. The predicted octanol–water partition coefficient (Wildman–Crippen LogP) is 0.534. The van der Waals surface area contributed by atoms with E-state index in [4.69, 9.17) is 9.84 Å². The van der Waals surface area contributed by atoms with E-state index in [2.05, 4.69) is 0 Å². The number of aliphatic hydroxyl groups excluding tert-OH is 1. The molecule has 0 saturated heterocycles. The number of benzene rings is 1. The molecule has 0 aliphatic heterocycles. The summed E-state index contributed by atoms with van der Waals surface area (Å²) >= 11 is 0. The van der Waals surface area contributed by atoms with E-state index in [9.17, 15) is 24.8 Å². The fourth-order valence-corrected chi connectivity index (χ4v) is 1.42. The minimum Gasteiger partial charge on any atom is -0.490 e. The molecule has 8 nitrogen and oxygen atoms in total. The summed E-state index contributed by atoms with van der Waals surface area (Å²) in [5.41, 5.74) is -1.06. The van der Waals surface area contributed by atoms with E-state index < -0.39 is 22.7 Å². The van der Waals surface area contributed by atoms with Crippen molar-refractivity contribution in [3.8, 4) is 5.75 Å². The van der Waals surface area contributed by atoms with Crippen LogP contribution in [0.15, 0.2) is 12.1 Å². The van der Waals surface area contributed by atoms with Gasteiger partial charge >= 0.3 is 11.7 Å². The molecule has 2 N–H and O–H groups in total. The third-order valence-electron chi connectivity index (χ3n) is 2.19. The molecule has 0 bridgehead atoms. The number of carbonyl (C=O) groups is 2. The van der Waals surface area contributed by atoms with Crippen LogP contribution in [0.2, 0.25) is 0 Å². The van der Waals surface area contributed by atoms with Crippen molar-refractivity contribution in [1.82, 2.24) is 0 Å². The van der Waals surface area contributed by atoms with Gasteiger partial charge in [0.25, 0.3) is 0 Å². The van der Waals surface area contributed by atoms with E-state index in [1.807, 2.05) is 0 Å². The second kappa shape index (κ2) is 5.23. The van der Waals surface area contributed by atoms with Crippen LogP contribution in [0, 0.1) is 10.1 Å². The summed E-state index contributed by atoms with van der Waals surface area (Å²) in [4.78, 5) is 31.3. The number of rotatable bonds is 5. The first-order valence-corrected chi connectivity index (χ1v) is 4.64. The molecule has 0 amide bonds. The Balaban J connectivity index is 3.56. The Morgan fingerprint density at radius 1 is 1.56 bits per heavy atom. The van der Waals surface area contributed by atoms with Gasteiger partial charge in [0.1, 0.15) is 6.29 Å². The molecule has 0 fully saturated rings. The quantitative estimate of drug-likeness (QED) is 0.446. The number of aldehydes is 1. The number of nitro groups is 1. The Morgan fingerprint density at radius 2 is 2.17 bits per heavy atom. The van der Waals surface area contributed by atoms with Crippen molar-refractivity contribution >= 4 is 17.9 Å². The summed E-state index contributed by atoms with van der Waals surface area (Å²) in [6.07, 6.45) is -1.71. The Morgan fingerprint density at radius 3 is 2.56 bits per heavy atom. The van der Waals surface area contributed by atoms with Gasteiger partial charge in [0.15, 0.2) is 6.10 Å². The van der Waals surface area contributed by atoms with Gasteiger partial charge in [0, 0.05) is 17.2 Å². The highest BCUT2D eigenvalue weighted by molar-refractivity contribution is 5.82. The molecule has 0 aliphatic carbocycles. The van der Waals surface area contributed by atoms with Gasteiger partial charge in [0.2, 0.25) is 5.75 Å². The highest BCUT2D eigenvalue weighted by Gasteiger charge is 2.28. The third kappa shape index (κ3) is 2.43. The number of hydrogen-bond acceptors (Lipinski definition) is 6. The van der Waals surface area contributed by atoms with Crippen molar-refractivity contribution in [3.63, 3.8) is 0 Å². The van der Waals surface area contributed by atoms with Crippen molar-refractivity contribution < 1.29 is 29.5 Å². The van der Waals surface area contributed by atoms with Crippen molar-refractivity contribution in [1.29, 1.82) is 0 Å². The largest absolute Gasteiger partial charge is 0.490 e. The molecule has 0 spiro atoms. The lowest BCUT2D eigenvalue weighted by molar-refractivity contribution is -0.385. The number of carboxylic acid groups (broad SMARTS) is 1. The van der Waals surface area contributed by atoms with E-state index in [0.29, 0.717) is 6.29 Å². The van der Waals surface area contributed by atoms with Gasteiger partial charge in [-0.05, 0) is 6.07 Å². The molecule has 1 aromatic rings. The fourth-order valence-electron chi connectivity index (χ4n) is 1.42. The van der Waals surface area contributed by atoms with Crippen molar-refractivity contribution in [2.24, 2.45) is 0 Å². The molecule has 96 valence electrons. The Bertz CT molecular complexity index is 511. The summed E-state index contributed by atoms with van der Waals surface area (Å²) in [6, 6.07) is 1.96. The minimum absolute atomic E-state index is 0.127. The second-order valence-corrected chi connectivity index (χ2v) is 3.28. The maximum absolute atomic E-state index is 10.8. The molecule has 0 radical (unpaired) electrons. The fraction of sp³-hybridized carbons (Fsp3) is 0.200. The van der Waals surface area contributed by atoms with Gasteiger partial charge in [-0.25, -0.2) is 4.79 Å². The zero-order chi connectivity index (χ0) is 13.9. The van der Waals surface area contributed by atoms with Gasteiger partial charge in [-0.3, -0.25) is 14.9 Å². The number of nitro benzene ring substituents is 1. The summed E-state index contributed by atoms with van der Waals surface area (Å²) in [6.45, 7) is 0. The number of aliphatic hydroxyl groups is 1. The molecule has 1 aromatic carbocycles. The van der Waals surface area contributed by atoms with Crippen LogP contribution >= 0.6 is 0 Å². The average Bonchev–Trinajstić information content (AvgIpc) is 2.35. The molecule has 1 atom stereocenters. The van der Waals surface area contributed by atoms with Gasteiger partial charge in [-0.15, -0.1) is 0 Å². The SMILES string of the molecule is COc1c(C(O)C(=O)O)cc(C=O)cc1[N+](=O)[O-]. The highest BCUT2D eigenvalue weighted by Crippen LogP contribution is 2.35. The topological polar surface area (TPSA) is 127 Å². The second-order valence-electron chi connectivity index (χ2n) is 3.28. The number of nitrogens with zero attached hydrogens (tertiary/aromatic N) is 1. The number of methoxy groups -OCH3 is 1. The molecule has 0 aromatic heterocycles. The van der Waals surface area contributed by atoms with E-state index in [1.165, 1.54) is 0 Å². The summed E-state index contributed by atoms with van der Waals surface area (Å²) in [7, 11) is 1.10. The summed E-state index contributed by atoms with van der Waals surface area (Å²) in [5.74, 6) is -1.99. The highest BCUT2D eigenvalue weighted by atomic mass is 16.6. The monoisotopic (exact) mass is 255 g/mol. The standard InChI is InChI=1S/C10H9NO7/c1-18-9-6(8(13)10(14)15)2-5(4-12)3-7(9)11(16)17/h2-4,8,13H,1H3,(H,14,15). The number of aliphatic carboxylic acids is 1. The van der Waals surface area contributed by atoms with Gasteiger partial charge < -0.3 is 14.9 Å². The van der Waals surface area contributed by atoms with Crippen molar-refractivity contribution in [2.45, 2.75) is 6.10 Å². The first-order chi connectivity index (χ1) is 8.42. The minimum atomic E-state index is -2.02.